The maximum absolute atomic E-state index is 6.14. The van der Waals surface area contributed by atoms with Gasteiger partial charge in [-0.1, -0.05) is 23.2 Å². The summed E-state index contributed by atoms with van der Waals surface area (Å²) in [5.74, 6) is 1.26. The molecule has 0 radical (unpaired) electrons. The van der Waals surface area contributed by atoms with Crippen molar-refractivity contribution in [2.24, 2.45) is 0 Å². The van der Waals surface area contributed by atoms with Gasteiger partial charge in [0.05, 0.1) is 16.9 Å². The van der Waals surface area contributed by atoms with Crippen molar-refractivity contribution in [3.8, 4) is 0 Å². The fourth-order valence-electron chi connectivity index (χ4n) is 2.31. The van der Waals surface area contributed by atoms with E-state index in [0.29, 0.717) is 27.5 Å². The molecule has 0 amide bonds. The summed E-state index contributed by atoms with van der Waals surface area (Å²) in [6.45, 7) is 1.95. The van der Waals surface area contributed by atoms with Crippen molar-refractivity contribution in [3.63, 3.8) is 0 Å². The van der Waals surface area contributed by atoms with Crippen LogP contribution in [0, 0.1) is 0 Å². The Morgan fingerprint density at radius 3 is 2.71 bits per heavy atom. The van der Waals surface area contributed by atoms with E-state index in [-0.39, 0.29) is 0 Å². The van der Waals surface area contributed by atoms with Gasteiger partial charge in [0.15, 0.2) is 5.82 Å². The molecule has 1 saturated heterocycles. The number of halogens is 2. The Hall–Kier alpha value is -1.59. The SMILES string of the molecule is Clc1ccc(Cl)c(Nc2cnnc(N3CCCCC3)n2)c1. The molecule has 3 rings (SSSR count). The average Bonchev–Trinajstić information content (AvgIpc) is 2.52. The zero-order chi connectivity index (χ0) is 14.7. The summed E-state index contributed by atoms with van der Waals surface area (Å²) >= 11 is 12.1. The van der Waals surface area contributed by atoms with Crippen LogP contribution in [0.2, 0.25) is 10.0 Å². The predicted octanol–water partition coefficient (Wildman–Crippen LogP) is 3.91. The van der Waals surface area contributed by atoms with E-state index in [1.165, 1.54) is 19.3 Å². The summed E-state index contributed by atoms with van der Waals surface area (Å²) in [6, 6.07) is 5.24. The fraction of sp³-hybridized carbons (Fsp3) is 0.357. The van der Waals surface area contributed by atoms with Gasteiger partial charge in [-0.15, -0.1) is 5.10 Å². The van der Waals surface area contributed by atoms with E-state index in [0.717, 1.165) is 13.1 Å². The Bertz CT molecular complexity index is 629. The molecular formula is C14H15Cl2N5. The van der Waals surface area contributed by atoms with Gasteiger partial charge in [0.2, 0.25) is 5.95 Å². The second-order valence-corrected chi connectivity index (χ2v) is 5.78. The number of aromatic nitrogens is 3. The Morgan fingerprint density at radius 1 is 1.10 bits per heavy atom. The molecule has 0 unspecified atom stereocenters. The van der Waals surface area contributed by atoms with Gasteiger partial charge in [0, 0.05) is 18.1 Å². The van der Waals surface area contributed by atoms with E-state index in [9.17, 15) is 0 Å². The Morgan fingerprint density at radius 2 is 1.90 bits per heavy atom. The zero-order valence-electron chi connectivity index (χ0n) is 11.4. The van der Waals surface area contributed by atoms with Crippen LogP contribution in [-0.4, -0.2) is 28.3 Å². The normalized spacial score (nSPS) is 15.0. The molecule has 0 aliphatic carbocycles. The molecule has 110 valence electrons. The molecule has 0 atom stereocenters. The summed E-state index contributed by atoms with van der Waals surface area (Å²) in [6.07, 6.45) is 5.17. The molecule has 1 aromatic carbocycles. The minimum Gasteiger partial charge on any atom is -0.339 e. The lowest BCUT2D eigenvalue weighted by atomic mass is 10.1. The molecule has 21 heavy (non-hydrogen) atoms. The van der Waals surface area contributed by atoms with E-state index in [1.54, 1.807) is 24.4 Å². The van der Waals surface area contributed by atoms with E-state index < -0.39 is 0 Å². The quantitative estimate of drug-likeness (QED) is 0.927. The lowest BCUT2D eigenvalue weighted by Crippen LogP contribution is -2.31. The van der Waals surface area contributed by atoms with E-state index in [4.69, 9.17) is 23.2 Å². The smallest absolute Gasteiger partial charge is 0.247 e. The van der Waals surface area contributed by atoms with Crippen molar-refractivity contribution >= 4 is 40.7 Å². The molecule has 2 heterocycles. The lowest BCUT2D eigenvalue weighted by molar-refractivity contribution is 0.565. The van der Waals surface area contributed by atoms with Crippen LogP contribution in [0.4, 0.5) is 17.5 Å². The number of hydrogen-bond donors (Lipinski definition) is 1. The van der Waals surface area contributed by atoms with Crippen molar-refractivity contribution in [2.75, 3.05) is 23.3 Å². The summed E-state index contributed by atoms with van der Waals surface area (Å²) in [5, 5.41) is 12.5. The maximum Gasteiger partial charge on any atom is 0.247 e. The molecule has 5 nitrogen and oxygen atoms in total. The number of rotatable bonds is 3. The van der Waals surface area contributed by atoms with Gasteiger partial charge < -0.3 is 10.2 Å². The van der Waals surface area contributed by atoms with Gasteiger partial charge in [0.1, 0.15) is 0 Å². The Kier molecular flexibility index (Phi) is 4.41. The van der Waals surface area contributed by atoms with Gasteiger partial charge in [0.25, 0.3) is 0 Å². The van der Waals surface area contributed by atoms with Crippen molar-refractivity contribution in [2.45, 2.75) is 19.3 Å². The minimum atomic E-state index is 0.581. The highest BCUT2D eigenvalue weighted by atomic mass is 35.5. The number of benzene rings is 1. The van der Waals surface area contributed by atoms with Gasteiger partial charge in [-0.05, 0) is 37.5 Å². The standard InChI is InChI=1S/C14H15Cl2N5/c15-10-4-5-11(16)12(8-10)18-13-9-17-20-14(19-13)21-6-2-1-3-7-21/h4-5,8-9H,1-3,6-7H2,(H,18,19,20). The largest absolute Gasteiger partial charge is 0.339 e. The third-order valence-corrected chi connectivity index (χ3v) is 3.94. The average molecular weight is 324 g/mol. The summed E-state index contributed by atoms with van der Waals surface area (Å²) < 4.78 is 0. The van der Waals surface area contributed by atoms with Crippen LogP contribution in [0.1, 0.15) is 19.3 Å². The first kappa shape index (κ1) is 14.4. The number of anilines is 3. The summed E-state index contributed by atoms with van der Waals surface area (Å²) in [4.78, 5) is 6.66. The summed E-state index contributed by atoms with van der Waals surface area (Å²) in [7, 11) is 0. The third-order valence-electron chi connectivity index (χ3n) is 3.38. The van der Waals surface area contributed by atoms with Crippen LogP contribution in [0.3, 0.4) is 0 Å². The molecule has 7 heteroatoms. The molecular weight excluding hydrogens is 309 g/mol. The highest BCUT2D eigenvalue weighted by Gasteiger charge is 2.14. The maximum atomic E-state index is 6.14. The lowest BCUT2D eigenvalue weighted by Gasteiger charge is -2.26. The second-order valence-electron chi connectivity index (χ2n) is 4.94. The second kappa shape index (κ2) is 6.45. The number of piperidine rings is 1. The molecule has 0 saturated carbocycles. The van der Waals surface area contributed by atoms with Crippen molar-refractivity contribution in [1.29, 1.82) is 0 Å². The van der Waals surface area contributed by atoms with Gasteiger partial charge in [-0.25, -0.2) is 0 Å². The molecule has 1 aliphatic heterocycles. The molecule has 0 bridgehead atoms. The molecule has 1 N–H and O–H groups in total. The van der Waals surface area contributed by atoms with Crippen LogP contribution >= 0.6 is 23.2 Å². The van der Waals surface area contributed by atoms with E-state index >= 15 is 0 Å². The van der Waals surface area contributed by atoms with Crippen LogP contribution in [0.25, 0.3) is 0 Å². The first-order valence-electron chi connectivity index (χ1n) is 6.89. The summed E-state index contributed by atoms with van der Waals surface area (Å²) in [5.41, 5.74) is 0.703. The molecule has 1 aliphatic rings. The molecule has 2 aromatic rings. The molecule has 1 aromatic heterocycles. The van der Waals surface area contributed by atoms with Crippen molar-refractivity contribution in [1.82, 2.24) is 15.2 Å². The third kappa shape index (κ3) is 3.54. The zero-order valence-corrected chi connectivity index (χ0v) is 12.9. The predicted molar refractivity (Wildman–Crippen MR) is 85.6 cm³/mol. The van der Waals surface area contributed by atoms with Crippen LogP contribution in [0.15, 0.2) is 24.4 Å². The minimum absolute atomic E-state index is 0.581. The highest BCUT2D eigenvalue weighted by Crippen LogP contribution is 2.28. The highest BCUT2D eigenvalue weighted by molar-refractivity contribution is 6.35. The van der Waals surface area contributed by atoms with Gasteiger partial charge >= 0.3 is 0 Å². The molecule has 0 spiro atoms. The van der Waals surface area contributed by atoms with E-state index in [2.05, 4.69) is 25.4 Å². The molecule has 1 fully saturated rings. The monoisotopic (exact) mass is 323 g/mol. The fourth-order valence-corrected chi connectivity index (χ4v) is 2.65. The first-order valence-corrected chi connectivity index (χ1v) is 7.65. The Labute approximate surface area is 133 Å². The van der Waals surface area contributed by atoms with Crippen LogP contribution in [0.5, 0.6) is 0 Å². The van der Waals surface area contributed by atoms with E-state index in [1.807, 2.05) is 0 Å². The van der Waals surface area contributed by atoms with Gasteiger partial charge in [-0.3, -0.25) is 0 Å². The first-order chi connectivity index (χ1) is 10.2. The number of nitrogens with one attached hydrogen (secondary N) is 1. The van der Waals surface area contributed by atoms with Gasteiger partial charge in [-0.2, -0.15) is 10.1 Å². The number of nitrogens with zero attached hydrogens (tertiary/aromatic N) is 4. The topological polar surface area (TPSA) is 53.9 Å². The van der Waals surface area contributed by atoms with Crippen LogP contribution < -0.4 is 10.2 Å². The van der Waals surface area contributed by atoms with Crippen LogP contribution in [-0.2, 0) is 0 Å². The Balaban J connectivity index is 1.81. The number of hydrogen-bond acceptors (Lipinski definition) is 5. The van der Waals surface area contributed by atoms with Crippen molar-refractivity contribution in [3.05, 3.63) is 34.4 Å². The van der Waals surface area contributed by atoms with Crippen molar-refractivity contribution < 1.29 is 0 Å².